The van der Waals surface area contributed by atoms with E-state index in [1.54, 1.807) is 0 Å². The van der Waals surface area contributed by atoms with Gasteiger partial charge in [0.1, 0.15) is 5.75 Å². The van der Waals surface area contributed by atoms with Gasteiger partial charge in [0.2, 0.25) is 15.9 Å². The Morgan fingerprint density at radius 3 is 2.45 bits per heavy atom. The molecule has 3 rings (SSSR count). The third kappa shape index (κ3) is 5.79. The van der Waals surface area contributed by atoms with Crippen molar-refractivity contribution in [2.45, 2.75) is 56.0 Å². The summed E-state index contributed by atoms with van der Waals surface area (Å²) >= 11 is 6.18. The van der Waals surface area contributed by atoms with E-state index in [4.69, 9.17) is 16.3 Å². The van der Waals surface area contributed by atoms with Crippen LogP contribution >= 0.6 is 11.6 Å². The second-order valence-electron chi connectivity index (χ2n) is 7.84. The molecule has 1 fully saturated rings. The average Bonchev–Trinajstić information content (AvgIpc) is 2.78. The monoisotopic (exact) mass is 464 g/mol. The summed E-state index contributed by atoms with van der Waals surface area (Å²) in [6, 6.07) is 13.5. The molecule has 2 aromatic carbocycles. The zero-order chi connectivity index (χ0) is 22.4. The molecule has 0 radical (unpaired) electrons. The molecule has 1 unspecified atom stereocenters. The lowest BCUT2D eigenvalue weighted by Crippen LogP contribution is -2.47. The Bertz CT molecular complexity index is 992. The summed E-state index contributed by atoms with van der Waals surface area (Å²) in [5, 5.41) is 3.14. The molecular formula is C23H29ClN2O4S. The van der Waals surface area contributed by atoms with E-state index < -0.39 is 10.0 Å². The maximum Gasteiger partial charge on any atom is 0.243 e. The number of carbonyl (C=O) groups excluding carboxylic acids is 1. The average molecular weight is 465 g/mol. The van der Waals surface area contributed by atoms with Crippen LogP contribution in [-0.4, -0.2) is 38.3 Å². The lowest BCUT2D eigenvalue weighted by Gasteiger charge is -2.33. The van der Waals surface area contributed by atoms with Gasteiger partial charge in [-0.2, -0.15) is 4.31 Å². The van der Waals surface area contributed by atoms with Crippen molar-refractivity contribution in [1.82, 2.24) is 9.62 Å². The predicted octanol–water partition coefficient (Wildman–Crippen LogP) is 4.55. The number of rotatable bonds is 8. The van der Waals surface area contributed by atoms with Crippen LogP contribution in [0.2, 0.25) is 5.02 Å². The largest absolute Gasteiger partial charge is 0.495 e. The van der Waals surface area contributed by atoms with Crippen molar-refractivity contribution in [2.24, 2.45) is 0 Å². The van der Waals surface area contributed by atoms with Crippen molar-refractivity contribution in [2.75, 3.05) is 13.7 Å². The molecule has 8 heteroatoms. The summed E-state index contributed by atoms with van der Waals surface area (Å²) in [6.07, 6.45) is 4.45. The lowest BCUT2D eigenvalue weighted by atomic mass is 9.95. The second-order valence-corrected chi connectivity index (χ2v) is 10.1. The van der Waals surface area contributed by atoms with Gasteiger partial charge in [0.15, 0.2) is 0 Å². The minimum absolute atomic E-state index is 0.0628. The molecule has 1 aliphatic rings. The van der Waals surface area contributed by atoms with Gasteiger partial charge in [-0.05, 0) is 43.5 Å². The number of sulfonamides is 1. The van der Waals surface area contributed by atoms with E-state index in [0.717, 1.165) is 37.7 Å². The first kappa shape index (κ1) is 23.6. The number of nitrogens with zero attached hydrogens (tertiary/aromatic N) is 1. The summed E-state index contributed by atoms with van der Waals surface area (Å²) in [5.41, 5.74) is 0.963. The molecule has 168 valence electrons. The number of benzene rings is 2. The van der Waals surface area contributed by atoms with Gasteiger partial charge >= 0.3 is 0 Å². The zero-order valence-electron chi connectivity index (χ0n) is 17.9. The Hall–Kier alpha value is -2.09. The van der Waals surface area contributed by atoms with Crippen LogP contribution in [0.3, 0.4) is 0 Å². The number of carbonyl (C=O) groups is 1. The Morgan fingerprint density at radius 2 is 1.84 bits per heavy atom. The molecule has 1 aliphatic carbocycles. The summed E-state index contributed by atoms with van der Waals surface area (Å²) in [6.45, 7) is 1.66. The van der Waals surface area contributed by atoms with Crippen LogP contribution in [-0.2, 0) is 14.8 Å². The number of hydrogen-bond donors (Lipinski definition) is 1. The summed E-state index contributed by atoms with van der Waals surface area (Å²) in [5.74, 6) is 0.0735. The number of ether oxygens (including phenoxy) is 1. The molecule has 0 saturated heterocycles. The van der Waals surface area contributed by atoms with Crippen LogP contribution < -0.4 is 10.1 Å². The second kappa shape index (κ2) is 10.5. The SMILES string of the molecule is COc1ccc(S(=O)(=O)N(CC(=O)NC(C)c2ccccc2)C2CCCCC2)cc1Cl. The fourth-order valence-electron chi connectivity index (χ4n) is 3.98. The first-order chi connectivity index (χ1) is 14.8. The maximum atomic E-state index is 13.5. The van der Waals surface area contributed by atoms with Gasteiger partial charge < -0.3 is 10.1 Å². The van der Waals surface area contributed by atoms with Crippen LogP contribution in [0.5, 0.6) is 5.75 Å². The van der Waals surface area contributed by atoms with Crippen LogP contribution in [0.1, 0.15) is 50.6 Å². The third-order valence-corrected chi connectivity index (χ3v) is 7.88. The first-order valence-corrected chi connectivity index (χ1v) is 12.3. The fraction of sp³-hybridized carbons (Fsp3) is 0.435. The number of amides is 1. The molecule has 31 heavy (non-hydrogen) atoms. The van der Waals surface area contributed by atoms with Gasteiger partial charge in [0, 0.05) is 6.04 Å². The van der Waals surface area contributed by atoms with E-state index in [1.807, 2.05) is 37.3 Å². The van der Waals surface area contributed by atoms with Gasteiger partial charge in [-0.1, -0.05) is 61.2 Å². The van der Waals surface area contributed by atoms with Gasteiger partial charge in [0.05, 0.1) is 29.6 Å². The van der Waals surface area contributed by atoms with E-state index in [2.05, 4.69) is 5.32 Å². The van der Waals surface area contributed by atoms with E-state index in [1.165, 1.54) is 29.6 Å². The van der Waals surface area contributed by atoms with Crippen LogP contribution in [0.4, 0.5) is 0 Å². The van der Waals surface area contributed by atoms with Crippen molar-refractivity contribution in [1.29, 1.82) is 0 Å². The maximum absolute atomic E-state index is 13.5. The van der Waals surface area contributed by atoms with Crippen molar-refractivity contribution < 1.29 is 17.9 Å². The molecule has 0 aromatic heterocycles. The molecule has 0 bridgehead atoms. The molecule has 1 N–H and O–H groups in total. The number of hydrogen-bond acceptors (Lipinski definition) is 4. The van der Waals surface area contributed by atoms with Gasteiger partial charge in [0.25, 0.3) is 0 Å². The van der Waals surface area contributed by atoms with Crippen molar-refractivity contribution in [3.63, 3.8) is 0 Å². The van der Waals surface area contributed by atoms with Crippen LogP contribution in [0.15, 0.2) is 53.4 Å². The Kier molecular flexibility index (Phi) is 7.97. The van der Waals surface area contributed by atoms with Crippen LogP contribution in [0, 0.1) is 0 Å². The summed E-state index contributed by atoms with van der Waals surface area (Å²) < 4.78 is 33.5. The highest BCUT2D eigenvalue weighted by atomic mass is 35.5. The number of halogens is 1. The van der Waals surface area contributed by atoms with Gasteiger partial charge in [-0.25, -0.2) is 8.42 Å². The Morgan fingerprint density at radius 1 is 1.16 bits per heavy atom. The molecule has 6 nitrogen and oxygen atoms in total. The van der Waals surface area contributed by atoms with E-state index in [0.29, 0.717) is 5.75 Å². The van der Waals surface area contributed by atoms with Crippen LogP contribution in [0.25, 0.3) is 0 Å². The molecule has 0 aliphatic heterocycles. The van der Waals surface area contributed by atoms with Crippen molar-refractivity contribution >= 4 is 27.5 Å². The number of nitrogens with one attached hydrogen (secondary N) is 1. The molecular weight excluding hydrogens is 436 g/mol. The molecule has 1 saturated carbocycles. The van der Waals surface area contributed by atoms with Crippen molar-refractivity contribution in [3.05, 3.63) is 59.1 Å². The lowest BCUT2D eigenvalue weighted by molar-refractivity contribution is -0.122. The minimum atomic E-state index is -3.91. The summed E-state index contributed by atoms with van der Waals surface area (Å²) in [7, 11) is -2.44. The smallest absolute Gasteiger partial charge is 0.243 e. The molecule has 1 amide bonds. The van der Waals surface area contributed by atoms with Crippen molar-refractivity contribution in [3.8, 4) is 5.75 Å². The van der Waals surface area contributed by atoms with E-state index in [9.17, 15) is 13.2 Å². The molecule has 0 heterocycles. The quantitative estimate of drug-likeness (QED) is 0.621. The van der Waals surface area contributed by atoms with E-state index in [-0.39, 0.29) is 34.5 Å². The standard InChI is InChI=1S/C23H29ClN2O4S/c1-17(18-9-5-3-6-10-18)25-23(27)16-26(19-11-7-4-8-12-19)31(28,29)20-13-14-22(30-2)21(24)15-20/h3,5-6,9-10,13-15,17,19H,4,7-8,11-12,16H2,1-2H3,(H,25,27). The minimum Gasteiger partial charge on any atom is -0.495 e. The third-order valence-electron chi connectivity index (χ3n) is 5.69. The Labute approximate surface area is 189 Å². The first-order valence-electron chi connectivity index (χ1n) is 10.5. The van der Waals surface area contributed by atoms with Gasteiger partial charge in [-0.3, -0.25) is 4.79 Å². The molecule has 2 aromatic rings. The Balaban J connectivity index is 1.84. The molecule has 1 atom stereocenters. The van der Waals surface area contributed by atoms with Gasteiger partial charge in [-0.15, -0.1) is 0 Å². The summed E-state index contributed by atoms with van der Waals surface area (Å²) in [4.78, 5) is 12.9. The predicted molar refractivity (Wildman–Crippen MR) is 122 cm³/mol. The highest BCUT2D eigenvalue weighted by Gasteiger charge is 2.34. The zero-order valence-corrected chi connectivity index (χ0v) is 19.5. The number of methoxy groups -OCH3 is 1. The molecule has 0 spiro atoms. The highest BCUT2D eigenvalue weighted by Crippen LogP contribution is 2.31. The fourth-order valence-corrected chi connectivity index (χ4v) is 5.97. The highest BCUT2D eigenvalue weighted by molar-refractivity contribution is 7.89. The topological polar surface area (TPSA) is 75.7 Å². The van der Waals surface area contributed by atoms with E-state index >= 15 is 0 Å². The normalized spacial score (nSPS) is 16.1.